The molecule has 1 saturated carbocycles. The van der Waals surface area contributed by atoms with Crippen molar-refractivity contribution >= 4 is 40.1 Å². The molecule has 8 heteroatoms. The lowest BCUT2D eigenvalue weighted by Gasteiger charge is -2.30. The average Bonchev–Trinajstić information content (AvgIpc) is 2.86. The molecule has 1 N–H and O–H groups in total. The van der Waals surface area contributed by atoms with Crippen LogP contribution in [0, 0.1) is 11.8 Å². The standard InChI is InChI=1S/C12H17N3O3S2/c1-2-19-12-15-14-11(20-12)13-9(16)7-5-3-4-6-8(7)10(17)18/h7-8H,2-6H2,1H3,(H,17,18)(H,13,14,16)/p-1/t7-,8+/m1/s1. The Bertz CT molecular complexity index is 492. The van der Waals surface area contributed by atoms with Crippen LogP contribution in [0.3, 0.4) is 0 Å². The Kier molecular flexibility index (Phi) is 5.36. The number of anilines is 1. The molecule has 2 rings (SSSR count). The molecule has 0 radical (unpaired) electrons. The number of carboxylic acid groups (broad SMARTS) is 1. The molecule has 0 aliphatic heterocycles. The number of rotatable bonds is 5. The lowest BCUT2D eigenvalue weighted by molar-refractivity contribution is -0.313. The molecule has 1 aromatic rings. The highest BCUT2D eigenvalue weighted by atomic mass is 32.2. The second-order valence-corrected chi connectivity index (χ2v) is 7.10. The minimum atomic E-state index is -1.13. The minimum absolute atomic E-state index is 0.289. The first-order valence-corrected chi connectivity index (χ1v) is 8.40. The van der Waals surface area contributed by atoms with Crippen LogP contribution in [0.15, 0.2) is 4.34 Å². The van der Waals surface area contributed by atoms with E-state index in [0.717, 1.165) is 22.9 Å². The maximum Gasteiger partial charge on any atom is 0.229 e. The van der Waals surface area contributed by atoms with Crippen molar-refractivity contribution in [3.05, 3.63) is 0 Å². The molecule has 0 aromatic carbocycles. The molecule has 1 fully saturated rings. The van der Waals surface area contributed by atoms with Crippen LogP contribution in [0.1, 0.15) is 32.6 Å². The summed E-state index contributed by atoms with van der Waals surface area (Å²) in [6, 6.07) is 0. The number of carbonyl (C=O) groups excluding carboxylic acids is 2. The van der Waals surface area contributed by atoms with E-state index in [2.05, 4.69) is 15.5 Å². The molecular formula is C12H16N3O3S2-. The number of hydrogen-bond donors (Lipinski definition) is 1. The van der Waals surface area contributed by atoms with Gasteiger partial charge in [0.1, 0.15) is 0 Å². The third kappa shape index (κ3) is 3.69. The van der Waals surface area contributed by atoms with Crippen molar-refractivity contribution in [2.75, 3.05) is 11.1 Å². The van der Waals surface area contributed by atoms with Crippen LogP contribution in [0.5, 0.6) is 0 Å². The van der Waals surface area contributed by atoms with Crippen LogP contribution in [0.2, 0.25) is 0 Å². The minimum Gasteiger partial charge on any atom is -0.550 e. The topological polar surface area (TPSA) is 95.0 Å². The van der Waals surface area contributed by atoms with E-state index in [4.69, 9.17) is 0 Å². The van der Waals surface area contributed by atoms with Gasteiger partial charge in [-0.05, 0) is 18.6 Å². The quantitative estimate of drug-likeness (QED) is 0.647. The van der Waals surface area contributed by atoms with Crippen molar-refractivity contribution in [1.82, 2.24) is 10.2 Å². The normalized spacial score (nSPS) is 22.4. The zero-order chi connectivity index (χ0) is 14.5. The molecule has 1 aliphatic carbocycles. The summed E-state index contributed by atoms with van der Waals surface area (Å²) in [6.45, 7) is 2.01. The van der Waals surface area contributed by atoms with E-state index in [-0.39, 0.29) is 5.91 Å². The van der Waals surface area contributed by atoms with Crippen molar-refractivity contribution in [3.8, 4) is 0 Å². The first kappa shape index (κ1) is 15.2. The van der Waals surface area contributed by atoms with E-state index in [1.54, 1.807) is 11.8 Å². The highest BCUT2D eigenvalue weighted by molar-refractivity contribution is 8.01. The lowest BCUT2D eigenvalue weighted by Crippen LogP contribution is -2.42. The van der Waals surface area contributed by atoms with Gasteiger partial charge in [-0.15, -0.1) is 10.2 Å². The first-order valence-electron chi connectivity index (χ1n) is 6.59. The molecule has 1 aliphatic rings. The summed E-state index contributed by atoms with van der Waals surface area (Å²) in [5.41, 5.74) is 0. The third-order valence-electron chi connectivity index (χ3n) is 3.31. The number of nitrogens with one attached hydrogen (secondary N) is 1. The zero-order valence-electron chi connectivity index (χ0n) is 11.1. The van der Waals surface area contributed by atoms with Gasteiger partial charge < -0.3 is 15.2 Å². The highest BCUT2D eigenvalue weighted by Gasteiger charge is 2.32. The Morgan fingerprint density at radius 2 is 2.05 bits per heavy atom. The number of carbonyl (C=O) groups is 2. The fourth-order valence-corrected chi connectivity index (χ4v) is 4.02. The number of aromatic nitrogens is 2. The Labute approximate surface area is 125 Å². The summed E-state index contributed by atoms with van der Waals surface area (Å²) in [7, 11) is 0. The largest absolute Gasteiger partial charge is 0.550 e. The Morgan fingerprint density at radius 3 is 2.70 bits per heavy atom. The van der Waals surface area contributed by atoms with Crippen molar-refractivity contribution in [2.45, 2.75) is 36.9 Å². The van der Waals surface area contributed by atoms with E-state index in [0.29, 0.717) is 18.0 Å². The molecule has 6 nitrogen and oxygen atoms in total. The number of thioether (sulfide) groups is 1. The van der Waals surface area contributed by atoms with Gasteiger partial charge in [-0.1, -0.05) is 42.9 Å². The van der Waals surface area contributed by atoms with Crippen LogP contribution in [-0.4, -0.2) is 27.8 Å². The zero-order valence-corrected chi connectivity index (χ0v) is 12.8. The monoisotopic (exact) mass is 314 g/mol. The summed E-state index contributed by atoms with van der Waals surface area (Å²) in [4.78, 5) is 23.3. The molecule has 110 valence electrons. The third-order valence-corrected chi connectivity index (χ3v) is 5.16. The van der Waals surface area contributed by atoms with Crippen LogP contribution in [0.25, 0.3) is 0 Å². The number of carboxylic acids is 1. The maximum atomic E-state index is 12.2. The fraction of sp³-hybridized carbons (Fsp3) is 0.667. The van der Waals surface area contributed by atoms with Gasteiger partial charge in [0.05, 0.1) is 0 Å². The summed E-state index contributed by atoms with van der Waals surface area (Å²) < 4.78 is 0.794. The second kappa shape index (κ2) is 7.03. The predicted molar refractivity (Wildman–Crippen MR) is 75.4 cm³/mol. The van der Waals surface area contributed by atoms with Gasteiger partial charge in [0.15, 0.2) is 4.34 Å². The lowest BCUT2D eigenvalue weighted by atomic mass is 9.79. The van der Waals surface area contributed by atoms with E-state index in [1.165, 1.54) is 11.3 Å². The van der Waals surface area contributed by atoms with Crippen LogP contribution in [0.4, 0.5) is 5.13 Å². The highest BCUT2D eigenvalue weighted by Crippen LogP contribution is 2.31. The van der Waals surface area contributed by atoms with Gasteiger partial charge >= 0.3 is 0 Å². The second-order valence-electron chi connectivity index (χ2n) is 4.61. The van der Waals surface area contributed by atoms with Gasteiger partial charge in [-0.2, -0.15) is 0 Å². The van der Waals surface area contributed by atoms with Gasteiger partial charge in [0.2, 0.25) is 11.0 Å². The molecular weight excluding hydrogens is 298 g/mol. The Morgan fingerprint density at radius 1 is 1.35 bits per heavy atom. The summed E-state index contributed by atoms with van der Waals surface area (Å²) >= 11 is 2.86. The van der Waals surface area contributed by atoms with Gasteiger partial charge in [0, 0.05) is 17.8 Å². The van der Waals surface area contributed by atoms with E-state index in [9.17, 15) is 14.7 Å². The fourth-order valence-electron chi connectivity index (χ4n) is 2.37. The van der Waals surface area contributed by atoms with Crippen molar-refractivity contribution < 1.29 is 14.7 Å². The summed E-state index contributed by atoms with van der Waals surface area (Å²) in [6.07, 6.45) is 2.79. The summed E-state index contributed by atoms with van der Waals surface area (Å²) in [5.74, 6) is -1.76. The van der Waals surface area contributed by atoms with Crippen LogP contribution >= 0.6 is 23.1 Å². The summed E-state index contributed by atoms with van der Waals surface area (Å²) in [5, 5.41) is 22.0. The molecule has 1 amide bonds. The Hall–Kier alpha value is -1.15. The van der Waals surface area contributed by atoms with Crippen LogP contribution in [-0.2, 0) is 9.59 Å². The SMILES string of the molecule is CCSc1nnc(NC(=O)[C@@H]2CCCC[C@@H]2C(=O)[O-])s1. The van der Waals surface area contributed by atoms with Crippen LogP contribution < -0.4 is 10.4 Å². The average molecular weight is 314 g/mol. The molecule has 2 atom stereocenters. The molecule has 0 saturated heterocycles. The molecule has 20 heavy (non-hydrogen) atoms. The number of amides is 1. The number of nitrogens with zero attached hydrogens (tertiary/aromatic N) is 2. The van der Waals surface area contributed by atoms with E-state index in [1.807, 2.05) is 6.92 Å². The predicted octanol–water partition coefficient (Wildman–Crippen LogP) is 1.14. The first-order chi connectivity index (χ1) is 9.61. The van der Waals surface area contributed by atoms with Gasteiger partial charge in [-0.25, -0.2) is 0 Å². The van der Waals surface area contributed by atoms with E-state index >= 15 is 0 Å². The Balaban J connectivity index is 2.00. The van der Waals surface area contributed by atoms with E-state index < -0.39 is 17.8 Å². The number of aliphatic carboxylic acids is 1. The van der Waals surface area contributed by atoms with Gasteiger partial charge in [-0.3, -0.25) is 4.79 Å². The number of hydrogen-bond acceptors (Lipinski definition) is 7. The molecule has 0 bridgehead atoms. The van der Waals surface area contributed by atoms with Crippen molar-refractivity contribution in [1.29, 1.82) is 0 Å². The molecule has 0 unspecified atom stereocenters. The van der Waals surface area contributed by atoms with Crippen molar-refractivity contribution in [3.63, 3.8) is 0 Å². The molecule has 0 spiro atoms. The van der Waals surface area contributed by atoms with Crippen molar-refractivity contribution in [2.24, 2.45) is 11.8 Å². The molecule has 1 heterocycles. The van der Waals surface area contributed by atoms with Gasteiger partial charge in [0.25, 0.3) is 0 Å². The smallest absolute Gasteiger partial charge is 0.229 e. The molecule has 1 aromatic heterocycles. The maximum absolute atomic E-state index is 12.2.